The molecule has 1 heterocycles. The summed E-state index contributed by atoms with van der Waals surface area (Å²) < 4.78 is 12.7. The lowest BCUT2D eigenvalue weighted by Gasteiger charge is -2.22. The standard InChI is InChI=1S/C19H30N6O2.HI/c1-6-20-19(21-13-18-23-22-14-25(18)7-2)24(3)11-10-15-8-9-16(26-4)17(12-15)27-5;/h8-9,12,14H,6-7,10-11,13H2,1-5H3,(H,20,21);1H. The first-order valence-corrected chi connectivity index (χ1v) is 9.19. The zero-order valence-corrected chi connectivity index (χ0v) is 19.6. The maximum absolute atomic E-state index is 5.38. The van der Waals surface area contributed by atoms with Crippen LogP contribution < -0.4 is 14.8 Å². The minimum Gasteiger partial charge on any atom is -0.493 e. The minimum absolute atomic E-state index is 0. The summed E-state index contributed by atoms with van der Waals surface area (Å²) in [5, 5.41) is 11.4. The fourth-order valence-corrected chi connectivity index (χ4v) is 2.72. The molecule has 0 atom stereocenters. The van der Waals surface area contributed by atoms with E-state index < -0.39 is 0 Å². The average Bonchev–Trinajstić information content (AvgIpc) is 3.16. The van der Waals surface area contributed by atoms with Gasteiger partial charge in [-0.3, -0.25) is 0 Å². The summed E-state index contributed by atoms with van der Waals surface area (Å²) in [5.74, 6) is 3.20. The van der Waals surface area contributed by atoms with E-state index >= 15 is 0 Å². The number of rotatable bonds is 9. The van der Waals surface area contributed by atoms with E-state index in [0.717, 1.165) is 49.3 Å². The van der Waals surface area contributed by atoms with Crippen LogP contribution in [0.25, 0.3) is 0 Å². The van der Waals surface area contributed by atoms with Crippen molar-refractivity contribution in [3.05, 3.63) is 35.9 Å². The lowest BCUT2D eigenvalue weighted by Crippen LogP contribution is -2.40. The van der Waals surface area contributed by atoms with Gasteiger partial charge in [0.2, 0.25) is 0 Å². The van der Waals surface area contributed by atoms with Crippen molar-refractivity contribution < 1.29 is 9.47 Å². The summed E-state index contributed by atoms with van der Waals surface area (Å²) in [6.45, 7) is 7.09. The molecular formula is C19H31IN6O2. The molecule has 9 heteroatoms. The fraction of sp³-hybridized carbons (Fsp3) is 0.526. The molecule has 0 amide bonds. The molecule has 8 nitrogen and oxygen atoms in total. The zero-order chi connectivity index (χ0) is 19.6. The Hall–Kier alpha value is -2.04. The molecular weight excluding hydrogens is 471 g/mol. The number of methoxy groups -OCH3 is 2. The molecule has 0 aliphatic carbocycles. The molecule has 0 fully saturated rings. The molecule has 0 saturated carbocycles. The third-order valence-electron chi connectivity index (χ3n) is 4.29. The molecule has 2 aromatic rings. The van der Waals surface area contributed by atoms with Crippen LogP contribution >= 0.6 is 24.0 Å². The summed E-state index contributed by atoms with van der Waals surface area (Å²) in [4.78, 5) is 6.82. The van der Waals surface area contributed by atoms with Crippen molar-refractivity contribution in [1.29, 1.82) is 0 Å². The van der Waals surface area contributed by atoms with Gasteiger partial charge in [-0.05, 0) is 38.0 Å². The molecule has 0 aliphatic rings. The summed E-state index contributed by atoms with van der Waals surface area (Å²) in [6, 6.07) is 6.01. The van der Waals surface area contributed by atoms with Crippen LogP contribution in [0.3, 0.4) is 0 Å². The Kier molecular flexibility index (Phi) is 10.6. The SMILES string of the molecule is CCNC(=NCc1nncn1CC)N(C)CCc1ccc(OC)c(OC)c1.I. The Labute approximate surface area is 184 Å². The van der Waals surface area contributed by atoms with Crippen molar-refractivity contribution in [1.82, 2.24) is 25.0 Å². The highest BCUT2D eigenvalue weighted by Gasteiger charge is 2.09. The number of nitrogens with one attached hydrogen (secondary N) is 1. The molecule has 0 bridgehead atoms. The van der Waals surface area contributed by atoms with Gasteiger partial charge in [-0.25, -0.2) is 4.99 Å². The van der Waals surface area contributed by atoms with Gasteiger partial charge in [0.15, 0.2) is 23.3 Å². The molecule has 0 saturated heterocycles. The monoisotopic (exact) mass is 502 g/mol. The zero-order valence-electron chi connectivity index (χ0n) is 17.3. The van der Waals surface area contributed by atoms with Crippen molar-refractivity contribution in [2.75, 3.05) is 34.4 Å². The summed E-state index contributed by atoms with van der Waals surface area (Å²) in [7, 11) is 5.33. The number of nitrogens with zero attached hydrogens (tertiary/aromatic N) is 5. The maximum atomic E-state index is 5.38. The van der Waals surface area contributed by atoms with E-state index in [1.165, 1.54) is 5.56 Å². The maximum Gasteiger partial charge on any atom is 0.194 e. The van der Waals surface area contributed by atoms with E-state index in [4.69, 9.17) is 14.5 Å². The van der Waals surface area contributed by atoms with Gasteiger partial charge in [0.05, 0.1) is 14.2 Å². The van der Waals surface area contributed by atoms with Crippen molar-refractivity contribution >= 4 is 29.9 Å². The summed E-state index contributed by atoms with van der Waals surface area (Å²) >= 11 is 0. The minimum atomic E-state index is 0. The molecule has 0 radical (unpaired) electrons. The lowest BCUT2D eigenvalue weighted by atomic mass is 10.1. The molecule has 0 unspecified atom stereocenters. The number of aliphatic imine (C=N–C) groups is 1. The highest BCUT2D eigenvalue weighted by atomic mass is 127. The quantitative estimate of drug-likeness (QED) is 0.323. The number of hydrogen-bond acceptors (Lipinski definition) is 5. The molecule has 1 N–H and O–H groups in total. The Balaban J connectivity index is 0.00000392. The van der Waals surface area contributed by atoms with Crippen LogP contribution in [0, 0.1) is 0 Å². The van der Waals surface area contributed by atoms with Crippen LogP contribution in [0.2, 0.25) is 0 Å². The predicted octanol–water partition coefficient (Wildman–Crippen LogP) is 2.57. The smallest absolute Gasteiger partial charge is 0.194 e. The number of benzene rings is 1. The number of ether oxygens (including phenoxy) is 2. The van der Waals surface area contributed by atoms with Crippen LogP contribution in [-0.2, 0) is 19.5 Å². The second-order valence-corrected chi connectivity index (χ2v) is 6.06. The highest BCUT2D eigenvalue weighted by Crippen LogP contribution is 2.27. The van der Waals surface area contributed by atoms with E-state index in [1.54, 1.807) is 20.5 Å². The highest BCUT2D eigenvalue weighted by molar-refractivity contribution is 14.0. The van der Waals surface area contributed by atoms with Gasteiger partial charge < -0.3 is 24.3 Å². The van der Waals surface area contributed by atoms with Gasteiger partial charge in [0.1, 0.15) is 12.9 Å². The number of hydrogen-bond donors (Lipinski definition) is 1. The van der Waals surface area contributed by atoms with Crippen molar-refractivity contribution in [2.45, 2.75) is 33.4 Å². The first-order chi connectivity index (χ1) is 13.1. The van der Waals surface area contributed by atoms with Crippen LogP contribution in [-0.4, -0.2) is 60.0 Å². The number of halogens is 1. The normalized spacial score (nSPS) is 11.0. The van der Waals surface area contributed by atoms with Gasteiger partial charge in [0, 0.05) is 26.7 Å². The Morgan fingerprint density at radius 1 is 1.21 bits per heavy atom. The molecule has 156 valence electrons. The Morgan fingerprint density at radius 3 is 2.61 bits per heavy atom. The van der Waals surface area contributed by atoms with E-state index in [9.17, 15) is 0 Å². The van der Waals surface area contributed by atoms with Crippen LogP contribution in [0.5, 0.6) is 11.5 Å². The average molecular weight is 502 g/mol. The van der Waals surface area contributed by atoms with Gasteiger partial charge in [-0.2, -0.15) is 0 Å². The van der Waals surface area contributed by atoms with Gasteiger partial charge in [0.25, 0.3) is 0 Å². The van der Waals surface area contributed by atoms with Crippen LogP contribution in [0.15, 0.2) is 29.5 Å². The second kappa shape index (κ2) is 12.4. The number of likely N-dealkylation sites (N-methyl/N-ethyl adjacent to an activating group) is 1. The third kappa shape index (κ3) is 6.54. The second-order valence-electron chi connectivity index (χ2n) is 6.06. The van der Waals surface area contributed by atoms with Crippen molar-refractivity contribution in [3.63, 3.8) is 0 Å². The van der Waals surface area contributed by atoms with Crippen molar-refractivity contribution in [2.24, 2.45) is 4.99 Å². The summed E-state index contributed by atoms with van der Waals surface area (Å²) in [6.07, 6.45) is 2.60. The lowest BCUT2D eigenvalue weighted by molar-refractivity contribution is 0.354. The largest absolute Gasteiger partial charge is 0.493 e. The van der Waals surface area contributed by atoms with Gasteiger partial charge in [-0.1, -0.05) is 6.07 Å². The molecule has 0 spiro atoms. The predicted molar refractivity (Wildman–Crippen MR) is 122 cm³/mol. The van der Waals surface area contributed by atoms with E-state index in [2.05, 4.69) is 40.3 Å². The molecule has 1 aromatic carbocycles. The van der Waals surface area contributed by atoms with Crippen LogP contribution in [0.4, 0.5) is 0 Å². The third-order valence-corrected chi connectivity index (χ3v) is 4.29. The van der Waals surface area contributed by atoms with Gasteiger partial charge in [-0.15, -0.1) is 34.2 Å². The molecule has 0 aliphatic heterocycles. The fourth-order valence-electron chi connectivity index (χ4n) is 2.72. The number of guanidine groups is 1. The van der Waals surface area contributed by atoms with E-state index in [1.807, 2.05) is 23.7 Å². The Morgan fingerprint density at radius 2 is 1.96 bits per heavy atom. The topological polar surface area (TPSA) is 76.8 Å². The van der Waals surface area contributed by atoms with Crippen molar-refractivity contribution in [3.8, 4) is 11.5 Å². The Bertz CT molecular complexity index is 750. The summed E-state index contributed by atoms with van der Waals surface area (Å²) in [5.41, 5.74) is 1.18. The number of aromatic nitrogens is 3. The molecule has 1 aromatic heterocycles. The van der Waals surface area contributed by atoms with Gasteiger partial charge >= 0.3 is 0 Å². The molecule has 28 heavy (non-hydrogen) atoms. The first-order valence-electron chi connectivity index (χ1n) is 9.19. The van der Waals surface area contributed by atoms with E-state index in [-0.39, 0.29) is 24.0 Å². The number of aryl methyl sites for hydroxylation is 1. The van der Waals surface area contributed by atoms with Crippen LogP contribution in [0.1, 0.15) is 25.2 Å². The molecule has 2 rings (SSSR count). The van der Waals surface area contributed by atoms with E-state index in [0.29, 0.717) is 6.54 Å². The first kappa shape index (κ1) is 24.0.